The van der Waals surface area contributed by atoms with Crippen molar-refractivity contribution >= 4 is 5.91 Å². The molecule has 0 aliphatic heterocycles. The molecule has 0 radical (unpaired) electrons. The number of rotatable bonds is 9. The van der Waals surface area contributed by atoms with Crippen LogP contribution in [0.1, 0.15) is 35.8 Å². The summed E-state index contributed by atoms with van der Waals surface area (Å²) < 4.78 is 19.4. The van der Waals surface area contributed by atoms with Crippen LogP contribution in [0.4, 0.5) is 4.39 Å². The quantitative estimate of drug-likeness (QED) is 0.743. The zero-order chi connectivity index (χ0) is 19.1. The van der Waals surface area contributed by atoms with Crippen LogP contribution in [-0.4, -0.2) is 53.9 Å². The number of benzene rings is 1. The summed E-state index contributed by atoms with van der Waals surface area (Å²) in [6, 6.07) is 6.88. The second kappa shape index (κ2) is 9.45. The maximum Gasteiger partial charge on any atom is 0.273 e. The van der Waals surface area contributed by atoms with Crippen molar-refractivity contribution in [1.82, 2.24) is 20.1 Å². The Morgan fingerprint density at radius 3 is 2.65 bits per heavy atom. The summed E-state index contributed by atoms with van der Waals surface area (Å²) >= 11 is 0. The monoisotopic (exact) mass is 362 g/mol. The standard InChI is InChI=1S/C19H27FN4O2/c1-14(2)24(11-15-7-5-6-8-16(15)20)12-18-22-17(13-26-18)19(25)21-9-10-23(3)4/h5-8,13-14H,9-12H2,1-4H3,(H,21,25). The molecule has 0 bridgehead atoms. The molecule has 1 aromatic carbocycles. The van der Waals surface area contributed by atoms with Gasteiger partial charge in [0.15, 0.2) is 5.69 Å². The number of nitrogens with one attached hydrogen (secondary N) is 1. The highest BCUT2D eigenvalue weighted by Gasteiger charge is 2.18. The van der Waals surface area contributed by atoms with Gasteiger partial charge in [-0.25, -0.2) is 9.37 Å². The second-order valence-electron chi connectivity index (χ2n) is 6.78. The van der Waals surface area contributed by atoms with E-state index < -0.39 is 0 Å². The first-order valence-corrected chi connectivity index (χ1v) is 8.71. The molecule has 0 unspecified atom stereocenters. The Labute approximate surface area is 154 Å². The minimum atomic E-state index is -0.257. The molecule has 0 saturated carbocycles. The second-order valence-corrected chi connectivity index (χ2v) is 6.78. The Morgan fingerprint density at radius 1 is 1.27 bits per heavy atom. The van der Waals surface area contributed by atoms with Crippen LogP contribution in [0, 0.1) is 5.82 Å². The normalized spacial score (nSPS) is 11.5. The summed E-state index contributed by atoms with van der Waals surface area (Å²) in [4.78, 5) is 20.4. The highest BCUT2D eigenvalue weighted by molar-refractivity contribution is 5.91. The molecule has 0 aliphatic carbocycles. The molecule has 7 heteroatoms. The van der Waals surface area contributed by atoms with E-state index in [1.54, 1.807) is 12.1 Å². The van der Waals surface area contributed by atoms with Gasteiger partial charge in [-0.3, -0.25) is 9.69 Å². The third-order valence-electron chi connectivity index (χ3n) is 4.03. The third kappa shape index (κ3) is 5.93. The molecule has 0 saturated heterocycles. The molecular weight excluding hydrogens is 335 g/mol. The fraction of sp³-hybridized carbons (Fsp3) is 0.474. The number of nitrogens with zero attached hydrogens (tertiary/aromatic N) is 3. The summed E-state index contributed by atoms with van der Waals surface area (Å²) in [6.45, 7) is 6.19. The minimum Gasteiger partial charge on any atom is -0.447 e. The van der Waals surface area contributed by atoms with Crippen molar-refractivity contribution in [2.45, 2.75) is 33.0 Å². The van der Waals surface area contributed by atoms with Crippen molar-refractivity contribution in [2.75, 3.05) is 27.2 Å². The zero-order valence-corrected chi connectivity index (χ0v) is 15.8. The number of carbonyl (C=O) groups excluding carboxylic acids is 1. The molecule has 2 rings (SSSR count). The molecule has 0 atom stereocenters. The predicted molar refractivity (Wildman–Crippen MR) is 98.2 cm³/mol. The topological polar surface area (TPSA) is 61.6 Å². The smallest absolute Gasteiger partial charge is 0.273 e. The molecule has 1 amide bonds. The first-order chi connectivity index (χ1) is 12.4. The Balaban J connectivity index is 1.98. The van der Waals surface area contributed by atoms with E-state index in [2.05, 4.69) is 10.3 Å². The Hall–Kier alpha value is -2.25. The fourth-order valence-corrected chi connectivity index (χ4v) is 2.41. The lowest BCUT2D eigenvalue weighted by molar-refractivity contribution is 0.0946. The number of carbonyl (C=O) groups is 1. The zero-order valence-electron chi connectivity index (χ0n) is 15.8. The molecule has 6 nitrogen and oxygen atoms in total. The van der Waals surface area contributed by atoms with Gasteiger partial charge in [0.25, 0.3) is 5.91 Å². The van der Waals surface area contributed by atoms with Gasteiger partial charge in [0.05, 0.1) is 6.54 Å². The summed E-state index contributed by atoms with van der Waals surface area (Å²) in [7, 11) is 3.88. The highest BCUT2D eigenvalue weighted by atomic mass is 19.1. The molecule has 1 N–H and O–H groups in total. The van der Waals surface area contributed by atoms with E-state index in [-0.39, 0.29) is 23.5 Å². The van der Waals surface area contributed by atoms with Gasteiger partial charge in [0.1, 0.15) is 12.1 Å². The fourth-order valence-electron chi connectivity index (χ4n) is 2.41. The van der Waals surface area contributed by atoms with E-state index in [0.29, 0.717) is 31.1 Å². The van der Waals surface area contributed by atoms with Gasteiger partial charge in [-0.1, -0.05) is 18.2 Å². The molecule has 2 aromatic rings. The summed E-state index contributed by atoms with van der Waals surface area (Å²) in [5, 5.41) is 2.80. The van der Waals surface area contributed by atoms with Gasteiger partial charge in [-0.05, 0) is 34.0 Å². The Kier molecular flexibility index (Phi) is 7.29. The van der Waals surface area contributed by atoms with Crippen molar-refractivity contribution in [1.29, 1.82) is 0 Å². The first-order valence-electron chi connectivity index (χ1n) is 8.71. The Bertz CT molecular complexity index is 715. The van der Waals surface area contributed by atoms with Crippen LogP contribution in [0.2, 0.25) is 0 Å². The van der Waals surface area contributed by atoms with Crippen molar-refractivity contribution in [3.8, 4) is 0 Å². The lowest BCUT2D eigenvalue weighted by atomic mass is 10.1. The van der Waals surface area contributed by atoms with Crippen molar-refractivity contribution in [3.05, 3.63) is 53.5 Å². The molecule has 0 aliphatic rings. The molecule has 0 spiro atoms. The minimum absolute atomic E-state index is 0.166. The van der Waals surface area contributed by atoms with Gasteiger partial charge in [0, 0.05) is 31.2 Å². The van der Waals surface area contributed by atoms with E-state index in [0.717, 1.165) is 6.54 Å². The van der Waals surface area contributed by atoms with Crippen LogP contribution >= 0.6 is 0 Å². The number of oxazole rings is 1. The van der Waals surface area contributed by atoms with Crippen LogP contribution in [-0.2, 0) is 13.1 Å². The van der Waals surface area contributed by atoms with Gasteiger partial charge in [-0.2, -0.15) is 0 Å². The van der Waals surface area contributed by atoms with E-state index in [1.807, 2.05) is 43.8 Å². The number of aromatic nitrogens is 1. The van der Waals surface area contributed by atoms with E-state index >= 15 is 0 Å². The molecular formula is C19H27FN4O2. The molecule has 0 fully saturated rings. The van der Waals surface area contributed by atoms with Crippen molar-refractivity contribution in [2.24, 2.45) is 0 Å². The number of amides is 1. The van der Waals surface area contributed by atoms with Gasteiger partial charge >= 0.3 is 0 Å². The van der Waals surface area contributed by atoms with E-state index in [1.165, 1.54) is 12.3 Å². The summed E-state index contributed by atoms with van der Waals surface area (Å²) in [5.74, 6) is -0.0497. The number of likely N-dealkylation sites (N-methyl/N-ethyl adjacent to an activating group) is 1. The number of hydrogen-bond acceptors (Lipinski definition) is 5. The van der Waals surface area contributed by atoms with E-state index in [4.69, 9.17) is 4.42 Å². The average Bonchev–Trinajstić information content (AvgIpc) is 3.04. The number of halogens is 1. The average molecular weight is 362 g/mol. The maximum absolute atomic E-state index is 13.9. The van der Waals surface area contributed by atoms with Crippen molar-refractivity contribution < 1.29 is 13.6 Å². The maximum atomic E-state index is 13.9. The van der Waals surface area contributed by atoms with Crippen molar-refractivity contribution in [3.63, 3.8) is 0 Å². The van der Waals surface area contributed by atoms with Crippen LogP contribution < -0.4 is 5.32 Å². The molecule has 26 heavy (non-hydrogen) atoms. The highest BCUT2D eigenvalue weighted by Crippen LogP contribution is 2.15. The van der Waals surface area contributed by atoms with Gasteiger partial charge in [-0.15, -0.1) is 0 Å². The van der Waals surface area contributed by atoms with Crippen LogP contribution in [0.5, 0.6) is 0 Å². The van der Waals surface area contributed by atoms with E-state index in [9.17, 15) is 9.18 Å². The SMILES string of the molecule is CC(C)N(Cc1nc(C(=O)NCCN(C)C)co1)Cc1ccccc1F. The van der Waals surface area contributed by atoms with Gasteiger partial charge in [0.2, 0.25) is 5.89 Å². The third-order valence-corrected chi connectivity index (χ3v) is 4.03. The van der Waals surface area contributed by atoms with Gasteiger partial charge < -0.3 is 14.6 Å². The lowest BCUT2D eigenvalue weighted by Crippen LogP contribution is -2.32. The predicted octanol–water partition coefficient (Wildman–Crippen LogP) is 2.52. The largest absolute Gasteiger partial charge is 0.447 e. The van der Waals surface area contributed by atoms with Crippen LogP contribution in [0.15, 0.2) is 34.9 Å². The van der Waals surface area contributed by atoms with Crippen LogP contribution in [0.25, 0.3) is 0 Å². The summed E-state index contributed by atoms with van der Waals surface area (Å²) in [6.07, 6.45) is 1.36. The summed E-state index contributed by atoms with van der Waals surface area (Å²) in [5.41, 5.74) is 0.878. The lowest BCUT2D eigenvalue weighted by Gasteiger charge is -2.25. The van der Waals surface area contributed by atoms with Crippen LogP contribution in [0.3, 0.4) is 0 Å². The number of hydrogen-bond donors (Lipinski definition) is 1. The Morgan fingerprint density at radius 2 is 2.00 bits per heavy atom. The first kappa shape index (κ1) is 20.1. The molecule has 1 heterocycles. The molecule has 142 valence electrons. The molecule has 1 aromatic heterocycles.